The molecule has 0 radical (unpaired) electrons. The second-order valence-electron chi connectivity index (χ2n) is 3.89. The molecule has 0 bridgehead atoms. The van der Waals surface area contributed by atoms with Crippen molar-refractivity contribution in [2.24, 2.45) is 5.73 Å². The maximum Gasteiger partial charge on any atom is 0.139 e. The highest BCUT2D eigenvalue weighted by molar-refractivity contribution is 6.30. The van der Waals surface area contributed by atoms with Gasteiger partial charge in [-0.25, -0.2) is 4.98 Å². The fourth-order valence-corrected chi connectivity index (χ4v) is 1.75. The first-order chi connectivity index (χ1) is 7.66. The van der Waals surface area contributed by atoms with Crippen LogP contribution in [0.25, 0.3) is 11.4 Å². The van der Waals surface area contributed by atoms with Gasteiger partial charge in [0.05, 0.1) is 0 Å². The molecule has 2 N–H and O–H groups in total. The third-order valence-corrected chi connectivity index (χ3v) is 2.55. The molecule has 0 aliphatic heterocycles. The predicted octanol–water partition coefficient (Wildman–Crippen LogP) is 2.55. The third-order valence-electron chi connectivity index (χ3n) is 2.30. The zero-order valence-corrected chi connectivity index (χ0v) is 9.85. The summed E-state index contributed by atoms with van der Waals surface area (Å²) in [6.45, 7) is 2.74. The molecule has 1 atom stereocenters. The molecule has 0 aliphatic rings. The molecule has 0 fully saturated rings. The van der Waals surface area contributed by atoms with Crippen molar-refractivity contribution >= 4 is 11.6 Å². The summed E-state index contributed by atoms with van der Waals surface area (Å²) in [6.07, 6.45) is 3.72. The van der Waals surface area contributed by atoms with Crippen LogP contribution in [0.1, 0.15) is 6.92 Å². The molecule has 3 nitrogen and oxygen atoms in total. The minimum absolute atomic E-state index is 0.111. The minimum atomic E-state index is 0.111. The van der Waals surface area contributed by atoms with Crippen molar-refractivity contribution in [3.8, 4) is 11.4 Å². The number of nitrogens with zero attached hydrogens (tertiary/aromatic N) is 2. The van der Waals surface area contributed by atoms with Gasteiger partial charge in [0.2, 0.25) is 0 Å². The summed E-state index contributed by atoms with van der Waals surface area (Å²) < 4.78 is 2.05. The van der Waals surface area contributed by atoms with Crippen LogP contribution in [-0.2, 0) is 6.54 Å². The Morgan fingerprint density at radius 3 is 2.69 bits per heavy atom. The van der Waals surface area contributed by atoms with Gasteiger partial charge in [0, 0.05) is 35.6 Å². The SMILES string of the molecule is CC(N)Cn1ccnc1-c1ccc(Cl)cc1. The van der Waals surface area contributed by atoms with E-state index in [-0.39, 0.29) is 6.04 Å². The van der Waals surface area contributed by atoms with E-state index in [1.807, 2.05) is 42.0 Å². The molecule has 1 aromatic heterocycles. The number of rotatable bonds is 3. The van der Waals surface area contributed by atoms with Gasteiger partial charge in [0.1, 0.15) is 5.82 Å². The summed E-state index contributed by atoms with van der Waals surface area (Å²) in [4.78, 5) is 4.33. The highest BCUT2D eigenvalue weighted by atomic mass is 35.5. The fraction of sp³-hybridized carbons (Fsp3) is 0.250. The molecule has 0 saturated carbocycles. The average molecular weight is 236 g/mol. The number of hydrogen-bond donors (Lipinski definition) is 1. The Bertz CT molecular complexity index is 459. The van der Waals surface area contributed by atoms with Crippen molar-refractivity contribution < 1.29 is 0 Å². The number of benzene rings is 1. The molecule has 1 aromatic carbocycles. The highest BCUT2D eigenvalue weighted by Gasteiger charge is 2.06. The van der Waals surface area contributed by atoms with E-state index in [0.29, 0.717) is 0 Å². The molecule has 0 amide bonds. The summed E-state index contributed by atoms with van der Waals surface area (Å²) >= 11 is 5.85. The molecule has 1 heterocycles. The van der Waals surface area contributed by atoms with E-state index in [1.165, 1.54) is 0 Å². The van der Waals surface area contributed by atoms with Gasteiger partial charge in [-0.15, -0.1) is 0 Å². The smallest absolute Gasteiger partial charge is 0.139 e. The first kappa shape index (κ1) is 11.2. The topological polar surface area (TPSA) is 43.8 Å². The lowest BCUT2D eigenvalue weighted by Crippen LogP contribution is -2.22. The lowest BCUT2D eigenvalue weighted by Gasteiger charge is -2.10. The van der Waals surface area contributed by atoms with Crippen molar-refractivity contribution in [1.29, 1.82) is 0 Å². The maximum absolute atomic E-state index is 5.85. The molecule has 16 heavy (non-hydrogen) atoms. The Hall–Kier alpha value is -1.32. The van der Waals surface area contributed by atoms with E-state index >= 15 is 0 Å². The summed E-state index contributed by atoms with van der Waals surface area (Å²) in [5.41, 5.74) is 6.84. The van der Waals surface area contributed by atoms with Gasteiger partial charge in [-0.2, -0.15) is 0 Å². The number of halogens is 1. The first-order valence-electron chi connectivity index (χ1n) is 5.19. The lowest BCUT2D eigenvalue weighted by molar-refractivity contribution is 0.594. The molecule has 1 unspecified atom stereocenters. The molecule has 0 saturated heterocycles. The zero-order valence-electron chi connectivity index (χ0n) is 9.10. The Balaban J connectivity index is 2.33. The van der Waals surface area contributed by atoms with Gasteiger partial charge < -0.3 is 10.3 Å². The van der Waals surface area contributed by atoms with Gasteiger partial charge in [0.15, 0.2) is 0 Å². The van der Waals surface area contributed by atoms with Crippen LogP contribution in [0, 0.1) is 0 Å². The first-order valence-corrected chi connectivity index (χ1v) is 5.57. The Morgan fingerprint density at radius 2 is 2.06 bits per heavy atom. The van der Waals surface area contributed by atoms with E-state index in [2.05, 4.69) is 4.98 Å². The van der Waals surface area contributed by atoms with Gasteiger partial charge in [-0.05, 0) is 31.2 Å². The van der Waals surface area contributed by atoms with Crippen LogP contribution in [-0.4, -0.2) is 15.6 Å². The molecule has 2 aromatic rings. The van der Waals surface area contributed by atoms with Crippen LogP contribution in [0.4, 0.5) is 0 Å². The fourth-order valence-electron chi connectivity index (χ4n) is 1.63. The molecular formula is C12H14ClN3. The van der Waals surface area contributed by atoms with E-state index in [4.69, 9.17) is 17.3 Å². The number of hydrogen-bond acceptors (Lipinski definition) is 2. The summed E-state index contributed by atoms with van der Waals surface area (Å²) in [5.74, 6) is 0.925. The minimum Gasteiger partial charge on any atom is -0.329 e. The predicted molar refractivity (Wildman–Crippen MR) is 66.3 cm³/mol. The maximum atomic E-state index is 5.85. The second-order valence-corrected chi connectivity index (χ2v) is 4.32. The highest BCUT2D eigenvalue weighted by Crippen LogP contribution is 2.20. The van der Waals surface area contributed by atoms with Crippen molar-refractivity contribution in [1.82, 2.24) is 9.55 Å². The van der Waals surface area contributed by atoms with E-state index in [1.54, 1.807) is 6.20 Å². The van der Waals surface area contributed by atoms with E-state index in [0.717, 1.165) is 23.0 Å². The molecular weight excluding hydrogens is 222 g/mol. The van der Waals surface area contributed by atoms with Crippen molar-refractivity contribution in [2.75, 3.05) is 0 Å². The van der Waals surface area contributed by atoms with Gasteiger partial charge in [-0.1, -0.05) is 11.6 Å². The molecule has 2 rings (SSSR count). The third kappa shape index (κ3) is 2.43. The largest absolute Gasteiger partial charge is 0.329 e. The van der Waals surface area contributed by atoms with Crippen molar-refractivity contribution in [3.63, 3.8) is 0 Å². The number of nitrogens with two attached hydrogens (primary N) is 1. The van der Waals surface area contributed by atoms with Crippen LogP contribution in [0.5, 0.6) is 0 Å². The summed E-state index contributed by atoms with van der Waals surface area (Å²) in [7, 11) is 0. The molecule has 4 heteroatoms. The monoisotopic (exact) mass is 235 g/mol. The van der Waals surface area contributed by atoms with Gasteiger partial charge in [0.25, 0.3) is 0 Å². The Kier molecular flexibility index (Phi) is 3.27. The quantitative estimate of drug-likeness (QED) is 0.889. The zero-order chi connectivity index (χ0) is 11.5. The van der Waals surface area contributed by atoms with E-state index in [9.17, 15) is 0 Å². The van der Waals surface area contributed by atoms with Crippen LogP contribution < -0.4 is 5.73 Å². The van der Waals surface area contributed by atoms with Gasteiger partial charge in [-0.3, -0.25) is 0 Å². The molecule has 84 valence electrons. The van der Waals surface area contributed by atoms with Crippen LogP contribution in [0.2, 0.25) is 5.02 Å². The normalized spacial score (nSPS) is 12.7. The molecule has 0 aliphatic carbocycles. The summed E-state index contributed by atoms with van der Waals surface area (Å²) in [5, 5.41) is 0.731. The van der Waals surface area contributed by atoms with Crippen LogP contribution in [0.15, 0.2) is 36.7 Å². The number of imidazole rings is 1. The van der Waals surface area contributed by atoms with Crippen molar-refractivity contribution in [3.05, 3.63) is 41.7 Å². The van der Waals surface area contributed by atoms with Crippen molar-refractivity contribution in [2.45, 2.75) is 19.5 Å². The average Bonchev–Trinajstić information content (AvgIpc) is 2.66. The Morgan fingerprint density at radius 1 is 1.38 bits per heavy atom. The van der Waals surface area contributed by atoms with E-state index < -0.39 is 0 Å². The summed E-state index contributed by atoms with van der Waals surface area (Å²) in [6, 6.07) is 7.76. The molecule has 0 spiro atoms. The second kappa shape index (κ2) is 4.68. The lowest BCUT2D eigenvalue weighted by atomic mass is 10.2. The Labute approximate surface area is 99.9 Å². The van der Waals surface area contributed by atoms with Crippen LogP contribution in [0.3, 0.4) is 0 Å². The number of aromatic nitrogens is 2. The standard InChI is InChI=1S/C12H14ClN3/c1-9(14)8-16-7-6-15-12(16)10-2-4-11(13)5-3-10/h2-7,9H,8,14H2,1H3. The van der Waals surface area contributed by atoms with Gasteiger partial charge >= 0.3 is 0 Å². The van der Waals surface area contributed by atoms with Crippen LogP contribution >= 0.6 is 11.6 Å².